The molecule has 0 saturated heterocycles. The van der Waals surface area contributed by atoms with E-state index in [2.05, 4.69) is 30.8 Å². The minimum atomic E-state index is 0.0243. The lowest BCUT2D eigenvalue weighted by atomic mass is 10.1. The second-order valence-corrected chi connectivity index (χ2v) is 6.64. The quantitative estimate of drug-likeness (QED) is 0.242. The fraction of sp³-hybridized carbons (Fsp3) is 0.263. The van der Waals surface area contributed by atoms with Crippen LogP contribution in [-0.2, 0) is 11.3 Å². The number of aromatic nitrogens is 4. The van der Waals surface area contributed by atoms with Crippen LogP contribution in [0, 0.1) is 5.41 Å². The Bertz CT molecular complexity index is 995. The molecule has 0 aliphatic heterocycles. The van der Waals surface area contributed by atoms with Crippen LogP contribution in [0.4, 0.5) is 23.3 Å². The molecule has 0 amide bonds. The van der Waals surface area contributed by atoms with Gasteiger partial charge in [-0.25, -0.2) is 4.98 Å². The zero-order valence-corrected chi connectivity index (χ0v) is 15.5. The summed E-state index contributed by atoms with van der Waals surface area (Å²) in [6.07, 6.45) is 4.11. The number of anilines is 4. The number of ether oxygens (including phenoxy) is 1. The van der Waals surface area contributed by atoms with E-state index in [9.17, 15) is 0 Å². The summed E-state index contributed by atoms with van der Waals surface area (Å²) in [6.45, 7) is 0.407. The van der Waals surface area contributed by atoms with Gasteiger partial charge in [0.15, 0.2) is 5.82 Å². The summed E-state index contributed by atoms with van der Waals surface area (Å²) in [5.41, 5.74) is 9.05. The number of hydrogen-bond acceptors (Lipinski definition) is 8. The molecule has 1 aliphatic rings. The van der Waals surface area contributed by atoms with Crippen molar-refractivity contribution in [3.63, 3.8) is 0 Å². The Morgan fingerprint density at radius 3 is 2.96 bits per heavy atom. The van der Waals surface area contributed by atoms with Crippen molar-refractivity contribution < 1.29 is 4.74 Å². The van der Waals surface area contributed by atoms with Gasteiger partial charge in [0.2, 0.25) is 11.8 Å². The molecule has 2 aromatic heterocycles. The summed E-state index contributed by atoms with van der Waals surface area (Å²) in [7, 11) is 1.45. The molecule has 2 heterocycles. The Labute approximate surface area is 162 Å². The van der Waals surface area contributed by atoms with Gasteiger partial charge in [0.1, 0.15) is 5.82 Å². The largest absolute Gasteiger partial charge is 0.481 e. The van der Waals surface area contributed by atoms with E-state index in [1.165, 1.54) is 20.0 Å². The van der Waals surface area contributed by atoms with Crippen LogP contribution in [0.15, 0.2) is 36.5 Å². The topological polar surface area (TPSA) is 138 Å². The summed E-state index contributed by atoms with van der Waals surface area (Å²) in [5.74, 6) is 2.47. The number of benzene rings is 1. The molecule has 0 bridgehead atoms. The third kappa shape index (κ3) is 3.88. The number of nitrogens with two attached hydrogens (primary N) is 1. The van der Waals surface area contributed by atoms with Crippen molar-refractivity contribution >= 4 is 29.2 Å². The van der Waals surface area contributed by atoms with E-state index >= 15 is 0 Å². The number of nitrogen functional groups attached to an aromatic ring is 1. The van der Waals surface area contributed by atoms with Crippen molar-refractivity contribution in [2.75, 3.05) is 23.5 Å². The Kier molecular flexibility index (Phi) is 4.79. The second-order valence-electron chi connectivity index (χ2n) is 6.64. The third-order valence-corrected chi connectivity index (χ3v) is 4.58. The summed E-state index contributed by atoms with van der Waals surface area (Å²) < 4.78 is 5.04. The van der Waals surface area contributed by atoms with Crippen molar-refractivity contribution in [1.82, 2.24) is 20.2 Å². The molecule has 0 atom stereocenters. The second kappa shape index (κ2) is 7.55. The average molecular weight is 378 g/mol. The van der Waals surface area contributed by atoms with Crippen molar-refractivity contribution in [1.29, 1.82) is 5.41 Å². The van der Waals surface area contributed by atoms with Crippen LogP contribution in [0.25, 0.3) is 0 Å². The molecule has 28 heavy (non-hydrogen) atoms. The minimum absolute atomic E-state index is 0.0243. The van der Waals surface area contributed by atoms with Crippen molar-refractivity contribution in [3.05, 3.63) is 53.3 Å². The average Bonchev–Trinajstić information content (AvgIpc) is 3.45. The van der Waals surface area contributed by atoms with Gasteiger partial charge in [-0.1, -0.05) is 12.1 Å². The minimum Gasteiger partial charge on any atom is -0.481 e. The summed E-state index contributed by atoms with van der Waals surface area (Å²) in [4.78, 5) is 8.72. The van der Waals surface area contributed by atoms with Gasteiger partial charge >= 0.3 is 0 Å². The molecule has 1 aliphatic carbocycles. The molecule has 0 spiro atoms. The molecular weight excluding hydrogens is 356 g/mol. The van der Waals surface area contributed by atoms with Crippen LogP contribution in [-0.4, -0.2) is 33.2 Å². The molecule has 6 N–H and O–H groups in total. The first-order chi connectivity index (χ1) is 13.6. The van der Waals surface area contributed by atoms with Gasteiger partial charge in [-0.15, -0.1) is 0 Å². The van der Waals surface area contributed by atoms with Crippen LogP contribution >= 0.6 is 0 Å². The monoisotopic (exact) mass is 378 g/mol. The lowest BCUT2D eigenvalue weighted by Gasteiger charge is -2.13. The highest BCUT2D eigenvalue weighted by atomic mass is 16.5. The van der Waals surface area contributed by atoms with Gasteiger partial charge in [0.05, 0.1) is 12.7 Å². The van der Waals surface area contributed by atoms with Crippen molar-refractivity contribution in [2.45, 2.75) is 25.3 Å². The summed E-state index contributed by atoms with van der Waals surface area (Å²) >= 11 is 0. The smallest absolute Gasteiger partial charge is 0.224 e. The predicted molar refractivity (Wildman–Crippen MR) is 108 cm³/mol. The molecule has 1 saturated carbocycles. The van der Waals surface area contributed by atoms with Crippen LogP contribution < -0.4 is 16.4 Å². The molecule has 1 aromatic carbocycles. The zero-order valence-electron chi connectivity index (χ0n) is 15.5. The van der Waals surface area contributed by atoms with Crippen LogP contribution in [0.2, 0.25) is 0 Å². The molecule has 3 aromatic rings. The molecular formula is C19H22N8O. The Morgan fingerprint density at radius 1 is 1.32 bits per heavy atom. The lowest BCUT2D eigenvalue weighted by molar-refractivity contribution is 0.401. The SMILES string of the molecule is COC(=N)c1c(N)cccc1CNc1nccc(Nc2cc(C3CC3)[nH]n2)n1. The maximum Gasteiger partial charge on any atom is 0.224 e. The van der Waals surface area contributed by atoms with Crippen molar-refractivity contribution in [3.8, 4) is 0 Å². The van der Waals surface area contributed by atoms with Gasteiger partial charge < -0.3 is 21.1 Å². The predicted octanol–water partition coefficient (Wildman–Crippen LogP) is 2.99. The molecule has 0 radical (unpaired) electrons. The fourth-order valence-electron chi connectivity index (χ4n) is 2.97. The van der Waals surface area contributed by atoms with Gasteiger partial charge in [-0.2, -0.15) is 10.1 Å². The number of H-pyrrole nitrogens is 1. The van der Waals surface area contributed by atoms with E-state index in [4.69, 9.17) is 15.9 Å². The number of aromatic amines is 1. The van der Waals surface area contributed by atoms with Crippen LogP contribution in [0.1, 0.15) is 35.6 Å². The molecule has 9 nitrogen and oxygen atoms in total. The van der Waals surface area contributed by atoms with Gasteiger partial charge in [0.25, 0.3) is 0 Å². The maximum atomic E-state index is 7.96. The van der Waals surface area contributed by atoms with E-state index in [1.54, 1.807) is 18.3 Å². The zero-order chi connectivity index (χ0) is 19.5. The normalized spacial score (nSPS) is 13.2. The molecule has 4 rings (SSSR count). The number of hydrogen-bond donors (Lipinski definition) is 5. The van der Waals surface area contributed by atoms with Gasteiger partial charge in [0, 0.05) is 36.1 Å². The molecule has 0 unspecified atom stereocenters. The lowest BCUT2D eigenvalue weighted by Crippen LogP contribution is -2.13. The van der Waals surface area contributed by atoms with Crippen LogP contribution in [0.5, 0.6) is 0 Å². The van der Waals surface area contributed by atoms with E-state index < -0.39 is 0 Å². The van der Waals surface area contributed by atoms with Crippen LogP contribution in [0.3, 0.4) is 0 Å². The number of nitrogens with zero attached hydrogens (tertiary/aromatic N) is 3. The fourth-order valence-corrected chi connectivity index (χ4v) is 2.97. The highest BCUT2D eigenvalue weighted by Gasteiger charge is 2.25. The Balaban J connectivity index is 1.45. The molecule has 144 valence electrons. The van der Waals surface area contributed by atoms with E-state index in [0.717, 1.165) is 17.1 Å². The number of rotatable bonds is 7. The first-order valence-electron chi connectivity index (χ1n) is 9.03. The summed E-state index contributed by atoms with van der Waals surface area (Å²) in [5, 5.41) is 21.7. The van der Waals surface area contributed by atoms with Gasteiger partial charge in [-0.05, 0) is 30.5 Å². The maximum absolute atomic E-state index is 7.96. The number of nitrogens with one attached hydrogen (secondary N) is 4. The third-order valence-electron chi connectivity index (χ3n) is 4.58. The Morgan fingerprint density at radius 2 is 2.18 bits per heavy atom. The van der Waals surface area contributed by atoms with Crippen molar-refractivity contribution in [2.24, 2.45) is 0 Å². The molecule has 1 fully saturated rings. The standard InChI is InChI=1S/C19H22N8O/c1-28-18(21)17-12(3-2-4-13(17)20)10-23-19-22-8-7-15(25-19)24-16-9-14(26-27-16)11-5-6-11/h2-4,7-9,11,21H,5-6,10,20H2,1H3,(H3,22,23,24,25,26,27). The molecule has 9 heteroatoms. The van der Waals surface area contributed by atoms with E-state index in [-0.39, 0.29) is 5.90 Å². The first kappa shape index (κ1) is 17.8. The first-order valence-corrected chi connectivity index (χ1v) is 9.03. The number of methoxy groups -OCH3 is 1. The van der Waals surface area contributed by atoms with E-state index in [1.807, 2.05) is 18.2 Å². The van der Waals surface area contributed by atoms with E-state index in [0.29, 0.717) is 35.5 Å². The van der Waals surface area contributed by atoms with Gasteiger partial charge in [-0.3, -0.25) is 10.5 Å². The summed E-state index contributed by atoms with van der Waals surface area (Å²) in [6, 6.07) is 9.27. The Hall–Kier alpha value is -3.62. The highest BCUT2D eigenvalue weighted by Crippen LogP contribution is 2.39. The highest BCUT2D eigenvalue weighted by molar-refractivity contribution is 5.98.